The lowest BCUT2D eigenvalue weighted by Crippen LogP contribution is -2.09. The van der Waals surface area contributed by atoms with Gasteiger partial charge in [-0.05, 0) is 5.56 Å². The average Bonchev–Trinajstić information content (AvgIpc) is 2.39. The topological polar surface area (TPSA) is 17.1 Å². The maximum atomic E-state index is 12.1. The number of ketones is 1. The van der Waals surface area contributed by atoms with Gasteiger partial charge in [0.25, 0.3) is 0 Å². The summed E-state index contributed by atoms with van der Waals surface area (Å²) in [6.07, 6.45) is 0. The lowest BCUT2D eigenvalue weighted by molar-refractivity contribution is 0.0966. The molecule has 17 heavy (non-hydrogen) atoms. The predicted octanol–water partition coefficient (Wildman–Crippen LogP) is 4.09. The highest BCUT2D eigenvalue weighted by molar-refractivity contribution is 6.00. The maximum Gasteiger partial charge on any atom is 0.170 e. The van der Waals surface area contributed by atoms with Crippen molar-refractivity contribution in [2.75, 3.05) is 0 Å². The first kappa shape index (κ1) is 13.5. The van der Waals surface area contributed by atoms with Crippen molar-refractivity contribution in [2.45, 2.75) is 12.8 Å². The highest BCUT2D eigenvalue weighted by Crippen LogP contribution is 2.19. The molecule has 0 N–H and O–H groups in total. The van der Waals surface area contributed by atoms with E-state index in [2.05, 4.69) is 0 Å². The summed E-state index contributed by atoms with van der Waals surface area (Å²) in [6, 6.07) is 19.3. The molecule has 2 rings (SSSR count). The number of benzene rings is 2. The molecule has 0 radical (unpaired) electrons. The Kier molecular flexibility index (Phi) is 4.92. The molecule has 0 fully saturated rings. The van der Waals surface area contributed by atoms with Gasteiger partial charge in [0.2, 0.25) is 0 Å². The van der Waals surface area contributed by atoms with Crippen molar-refractivity contribution in [1.82, 2.24) is 0 Å². The van der Waals surface area contributed by atoms with Gasteiger partial charge in [-0.15, -0.1) is 12.4 Å². The van der Waals surface area contributed by atoms with Crippen LogP contribution in [0.25, 0.3) is 0 Å². The molecule has 0 heterocycles. The lowest BCUT2D eigenvalue weighted by Gasteiger charge is -2.10. The molecule has 1 unspecified atom stereocenters. The Morgan fingerprint density at radius 2 is 1.35 bits per heavy atom. The van der Waals surface area contributed by atoms with E-state index >= 15 is 0 Å². The number of hydrogen-bond acceptors (Lipinski definition) is 1. The molecule has 0 aliphatic rings. The Morgan fingerprint density at radius 1 is 0.882 bits per heavy atom. The number of Topliss-reactive ketones (excluding diaryl/α,β-unsaturated/α-hetero) is 1. The van der Waals surface area contributed by atoms with Gasteiger partial charge in [-0.3, -0.25) is 4.79 Å². The summed E-state index contributed by atoms with van der Waals surface area (Å²) in [6.45, 7) is 1.95. The highest BCUT2D eigenvalue weighted by Gasteiger charge is 2.15. The molecule has 0 saturated carbocycles. The van der Waals surface area contributed by atoms with Crippen LogP contribution in [0.5, 0.6) is 0 Å². The first-order chi connectivity index (χ1) is 7.79. The van der Waals surface area contributed by atoms with Crippen molar-refractivity contribution in [3.63, 3.8) is 0 Å². The fraction of sp³-hybridized carbons (Fsp3) is 0.133. The van der Waals surface area contributed by atoms with Crippen molar-refractivity contribution in [1.29, 1.82) is 0 Å². The van der Waals surface area contributed by atoms with Crippen LogP contribution in [0.4, 0.5) is 0 Å². The van der Waals surface area contributed by atoms with E-state index in [1.54, 1.807) is 0 Å². The van der Waals surface area contributed by atoms with Crippen LogP contribution in [-0.2, 0) is 0 Å². The molecular formula is C15H15ClO. The van der Waals surface area contributed by atoms with Gasteiger partial charge in [0.15, 0.2) is 5.78 Å². The summed E-state index contributed by atoms with van der Waals surface area (Å²) in [5.41, 5.74) is 1.84. The van der Waals surface area contributed by atoms with Crippen molar-refractivity contribution >= 4 is 18.2 Å². The number of hydrogen-bond donors (Lipinski definition) is 0. The van der Waals surface area contributed by atoms with Gasteiger partial charge < -0.3 is 0 Å². The second-order valence-electron chi connectivity index (χ2n) is 3.86. The Hall–Kier alpha value is -1.60. The summed E-state index contributed by atoms with van der Waals surface area (Å²) in [7, 11) is 0. The summed E-state index contributed by atoms with van der Waals surface area (Å²) in [4.78, 5) is 12.1. The smallest absolute Gasteiger partial charge is 0.170 e. The van der Waals surface area contributed by atoms with Crippen LogP contribution < -0.4 is 0 Å². The number of carbonyl (C=O) groups excluding carboxylic acids is 1. The average molecular weight is 247 g/mol. The van der Waals surface area contributed by atoms with E-state index in [9.17, 15) is 4.79 Å². The van der Waals surface area contributed by atoms with Gasteiger partial charge in [0, 0.05) is 11.5 Å². The van der Waals surface area contributed by atoms with E-state index in [0.29, 0.717) is 0 Å². The third-order valence-electron chi connectivity index (χ3n) is 2.75. The number of halogens is 1. The Bertz CT molecular complexity index is 465. The van der Waals surface area contributed by atoms with E-state index < -0.39 is 0 Å². The van der Waals surface area contributed by atoms with Gasteiger partial charge in [0.05, 0.1) is 0 Å². The van der Waals surface area contributed by atoms with E-state index in [4.69, 9.17) is 0 Å². The third-order valence-corrected chi connectivity index (χ3v) is 2.75. The van der Waals surface area contributed by atoms with Gasteiger partial charge in [0.1, 0.15) is 0 Å². The molecule has 2 heteroatoms. The van der Waals surface area contributed by atoms with Crippen LogP contribution in [-0.4, -0.2) is 5.78 Å². The minimum atomic E-state index is -0.0800. The molecule has 0 amide bonds. The van der Waals surface area contributed by atoms with E-state index in [-0.39, 0.29) is 24.1 Å². The molecule has 2 aromatic carbocycles. The Balaban J connectivity index is 0.00000144. The summed E-state index contributed by atoms with van der Waals surface area (Å²) in [5.74, 6) is 0.0930. The Morgan fingerprint density at radius 3 is 1.88 bits per heavy atom. The number of carbonyl (C=O) groups is 1. The predicted molar refractivity (Wildman–Crippen MR) is 72.9 cm³/mol. The molecule has 0 aliphatic carbocycles. The van der Waals surface area contributed by atoms with E-state index in [1.165, 1.54) is 0 Å². The molecule has 0 aromatic heterocycles. The summed E-state index contributed by atoms with van der Waals surface area (Å²) in [5, 5.41) is 0. The highest BCUT2D eigenvalue weighted by atomic mass is 35.5. The second-order valence-corrected chi connectivity index (χ2v) is 3.86. The van der Waals surface area contributed by atoms with E-state index in [0.717, 1.165) is 11.1 Å². The maximum absolute atomic E-state index is 12.1. The summed E-state index contributed by atoms with van der Waals surface area (Å²) >= 11 is 0. The molecule has 0 aliphatic heterocycles. The first-order valence-corrected chi connectivity index (χ1v) is 5.43. The second kappa shape index (κ2) is 6.21. The molecule has 1 nitrogen and oxygen atoms in total. The van der Waals surface area contributed by atoms with Gasteiger partial charge in [-0.25, -0.2) is 0 Å². The normalized spacial score (nSPS) is 11.4. The fourth-order valence-electron chi connectivity index (χ4n) is 1.75. The van der Waals surface area contributed by atoms with Crippen molar-refractivity contribution in [3.05, 3.63) is 71.8 Å². The minimum Gasteiger partial charge on any atom is -0.294 e. The van der Waals surface area contributed by atoms with Crippen LogP contribution in [0, 0.1) is 0 Å². The quantitative estimate of drug-likeness (QED) is 0.746. The van der Waals surface area contributed by atoms with Crippen LogP contribution in [0.15, 0.2) is 60.7 Å². The molecule has 1 atom stereocenters. The Labute approximate surface area is 108 Å². The zero-order valence-electron chi connectivity index (χ0n) is 9.67. The molecule has 88 valence electrons. The van der Waals surface area contributed by atoms with Gasteiger partial charge in [-0.1, -0.05) is 67.6 Å². The summed E-state index contributed by atoms with van der Waals surface area (Å²) < 4.78 is 0. The minimum absolute atomic E-state index is 0. The molecule has 0 bridgehead atoms. The molecular weight excluding hydrogens is 232 g/mol. The monoisotopic (exact) mass is 246 g/mol. The zero-order chi connectivity index (χ0) is 11.4. The molecule has 0 spiro atoms. The van der Waals surface area contributed by atoms with Crippen molar-refractivity contribution < 1.29 is 4.79 Å². The van der Waals surface area contributed by atoms with Gasteiger partial charge in [-0.2, -0.15) is 0 Å². The van der Waals surface area contributed by atoms with E-state index in [1.807, 2.05) is 67.6 Å². The largest absolute Gasteiger partial charge is 0.294 e. The molecule has 2 aromatic rings. The molecule has 0 saturated heterocycles. The lowest BCUT2D eigenvalue weighted by atomic mass is 9.92. The van der Waals surface area contributed by atoms with Crippen molar-refractivity contribution in [2.24, 2.45) is 0 Å². The number of rotatable bonds is 3. The zero-order valence-corrected chi connectivity index (χ0v) is 10.5. The third kappa shape index (κ3) is 3.18. The van der Waals surface area contributed by atoms with Crippen molar-refractivity contribution in [3.8, 4) is 0 Å². The van der Waals surface area contributed by atoms with Crippen LogP contribution >= 0.6 is 12.4 Å². The van der Waals surface area contributed by atoms with Crippen LogP contribution in [0.1, 0.15) is 28.8 Å². The SMILES string of the molecule is CC(C(=O)c1ccccc1)c1ccccc1.Cl. The fourth-order valence-corrected chi connectivity index (χ4v) is 1.75. The first-order valence-electron chi connectivity index (χ1n) is 5.43. The van der Waals surface area contributed by atoms with Crippen LogP contribution in [0.3, 0.4) is 0 Å². The van der Waals surface area contributed by atoms with Crippen LogP contribution in [0.2, 0.25) is 0 Å². The van der Waals surface area contributed by atoms with Gasteiger partial charge >= 0.3 is 0 Å². The standard InChI is InChI=1S/C15H14O.ClH/c1-12(13-8-4-2-5-9-13)15(16)14-10-6-3-7-11-14;/h2-12H,1H3;1H.